The molecule has 0 radical (unpaired) electrons. The fraction of sp³-hybridized carbons (Fsp3) is 0.640. The number of hydrogen-bond donors (Lipinski definition) is 0. The molecule has 4 heteroatoms. The van der Waals surface area contributed by atoms with Gasteiger partial charge in [-0.1, -0.05) is 71.8 Å². The Bertz CT molecular complexity index is 548. The SMILES string of the molecule is CCCCCCOc1cccc(OCCCCCC)c1C=CC(=O)OCCCC. The van der Waals surface area contributed by atoms with Crippen LogP contribution in [-0.2, 0) is 9.53 Å². The summed E-state index contributed by atoms with van der Waals surface area (Å²) < 4.78 is 17.3. The molecular weight excluding hydrogens is 364 g/mol. The fourth-order valence-corrected chi connectivity index (χ4v) is 2.88. The summed E-state index contributed by atoms with van der Waals surface area (Å²) in [4.78, 5) is 12.0. The zero-order chi connectivity index (χ0) is 21.2. The molecule has 0 aliphatic carbocycles. The van der Waals surface area contributed by atoms with Crippen LogP contribution in [0.4, 0.5) is 0 Å². The molecule has 164 valence electrons. The molecule has 0 atom stereocenters. The Kier molecular flexibility index (Phi) is 14.6. The van der Waals surface area contributed by atoms with Crippen LogP contribution in [0.1, 0.15) is 90.5 Å². The summed E-state index contributed by atoms with van der Waals surface area (Å²) in [7, 11) is 0. The average molecular weight is 405 g/mol. The van der Waals surface area contributed by atoms with Crippen LogP contribution >= 0.6 is 0 Å². The van der Waals surface area contributed by atoms with Gasteiger partial charge in [-0.2, -0.15) is 0 Å². The van der Waals surface area contributed by atoms with E-state index in [2.05, 4.69) is 20.8 Å². The van der Waals surface area contributed by atoms with Crippen LogP contribution < -0.4 is 9.47 Å². The number of hydrogen-bond acceptors (Lipinski definition) is 4. The van der Waals surface area contributed by atoms with Crippen LogP contribution in [0.25, 0.3) is 6.08 Å². The first kappa shape index (κ1) is 25.1. The molecule has 0 aliphatic heterocycles. The Balaban J connectivity index is 2.78. The van der Waals surface area contributed by atoms with E-state index in [1.54, 1.807) is 6.08 Å². The maximum absolute atomic E-state index is 12.0. The van der Waals surface area contributed by atoms with Crippen molar-refractivity contribution in [3.05, 3.63) is 29.8 Å². The highest BCUT2D eigenvalue weighted by Gasteiger charge is 2.10. The molecule has 0 amide bonds. The Morgan fingerprint density at radius 1 is 0.759 bits per heavy atom. The third kappa shape index (κ3) is 11.6. The lowest BCUT2D eigenvalue weighted by Crippen LogP contribution is -2.04. The number of carbonyl (C=O) groups excluding carboxylic acids is 1. The van der Waals surface area contributed by atoms with Crippen LogP contribution in [-0.4, -0.2) is 25.8 Å². The Morgan fingerprint density at radius 2 is 1.31 bits per heavy atom. The first-order chi connectivity index (χ1) is 14.2. The van der Waals surface area contributed by atoms with Gasteiger partial charge in [-0.3, -0.25) is 0 Å². The van der Waals surface area contributed by atoms with Gasteiger partial charge in [0.2, 0.25) is 0 Å². The second-order valence-corrected chi connectivity index (χ2v) is 7.34. The molecular formula is C25H40O4. The normalized spacial score (nSPS) is 11.0. The monoisotopic (exact) mass is 404 g/mol. The molecule has 0 spiro atoms. The Labute approximate surface area is 177 Å². The topological polar surface area (TPSA) is 44.8 Å². The molecule has 0 saturated carbocycles. The smallest absolute Gasteiger partial charge is 0.330 e. The first-order valence-electron chi connectivity index (χ1n) is 11.5. The molecule has 29 heavy (non-hydrogen) atoms. The van der Waals surface area contributed by atoms with Crippen molar-refractivity contribution in [1.82, 2.24) is 0 Å². The van der Waals surface area contributed by atoms with Crippen molar-refractivity contribution in [2.75, 3.05) is 19.8 Å². The summed E-state index contributed by atoms with van der Waals surface area (Å²) in [6.45, 7) is 8.26. The van der Waals surface area contributed by atoms with Crippen molar-refractivity contribution in [3.63, 3.8) is 0 Å². The van der Waals surface area contributed by atoms with Crippen LogP contribution in [0.5, 0.6) is 11.5 Å². The second kappa shape index (κ2) is 16.9. The molecule has 0 fully saturated rings. The highest BCUT2D eigenvalue weighted by atomic mass is 16.5. The van der Waals surface area contributed by atoms with Gasteiger partial charge in [0, 0.05) is 6.08 Å². The number of benzene rings is 1. The summed E-state index contributed by atoms with van der Waals surface area (Å²) in [5, 5.41) is 0. The van der Waals surface area contributed by atoms with Crippen LogP contribution in [0.2, 0.25) is 0 Å². The van der Waals surface area contributed by atoms with Crippen molar-refractivity contribution in [3.8, 4) is 11.5 Å². The molecule has 1 aromatic carbocycles. The molecule has 0 unspecified atom stereocenters. The van der Waals surface area contributed by atoms with Gasteiger partial charge >= 0.3 is 5.97 Å². The molecule has 0 heterocycles. The summed E-state index contributed by atoms with van der Waals surface area (Å²) in [5.74, 6) is 1.18. The molecule has 0 aromatic heterocycles. The van der Waals surface area contributed by atoms with Crippen molar-refractivity contribution in [1.29, 1.82) is 0 Å². The Morgan fingerprint density at radius 3 is 1.83 bits per heavy atom. The van der Waals surface area contributed by atoms with Gasteiger partial charge < -0.3 is 14.2 Å². The molecule has 1 aromatic rings. The highest BCUT2D eigenvalue weighted by molar-refractivity contribution is 5.88. The number of ether oxygens (including phenoxy) is 3. The van der Waals surface area contributed by atoms with Crippen molar-refractivity contribution >= 4 is 12.0 Å². The van der Waals surface area contributed by atoms with E-state index in [0.717, 1.165) is 42.7 Å². The minimum Gasteiger partial charge on any atom is -0.493 e. The molecule has 0 N–H and O–H groups in total. The van der Waals surface area contributed by atoms with Gasteiger partial charge in [-0.15, -0.1) is 0 Å². The van der Waals surface area contributed by atoms with Gasteiger partial charge in [0.1, 0.15) is 11.5 Å². The van der Waals surface area contributed by atoms with E-state index in [0.29, 0.717) is 19.8 Å². The van der Waals surface area contributed by atoms with Crippen molar-refractivity contribution in [2.45, 2.75) is 85.0 Å². The summed E-state index contributed by atoms with van der Waals surface area (Å²) in [6, 6.07) is 5.82. The quantitative estimate of drug-likeness (QED) is 0.160. The van der Waals surface area contributed by atoms with Crippen LogP contribution in [0.15, 0.2) is 24.3 Å². The lowest BCUT2D eigenvalue weighted by atomic mass is 10.1. The lowest BCUT2D eigenvalue weighted by Gasteiger charge is -2.14. The summed E-state index contributed by atoms with van der Waals surface area (Å²) >= 11 is 0. The fourth-order valence-electron chi connectivity index (χ4n) is 2.88. The predicted octanol–water partition coefficient (Wildman–Crippen LogP) is 6.96. The molecule has 1 rings (SSSR count). The van der Waals surface area contributed by atoms with Crippen molar-refractivity contribution < 1.29 is 19.0 Å². The summed E-state index contributed by atoms with van der Waals surface area (Å²) in [5.41, 5.74) is 0.811. The van der Waals surface area contributed by atoms with E-state index < -0.39 is 0 Å². The zero-order valence-electron chi connectivity index (χ0n) is 18.7. The van der Waals surface area contributed by atoms with E-state index in [1.165, 1.54) is 44.6 Å². The number of esters is 1. The van der Waals surface area contributed by atoms with Crippen LogP contribution in [0.3, 0.4) is 0 Å². The molecule has 0 saturated heterocycles. The second-order valence-electron chi connectivity index (χ2n) is 7.34. The number of carbonyl (C=O) groups is 1. The van der Waals surface area contributed by atoms with E-state index in [4.69, 9.17) is 14.2 Å². The first-order valence-corrected chi connectivity index (χ1v) is 11.5. The third-order valence-corrected chi connectivity index (χ3v) is 4.67. The predicted molar refractivity (Wildman–Crippen MR) is 121 cm³/mol. The van der Waals surface area contributed by atoms with E-state index >= 15 is 0 Å². The standard InChI is InChI=1S/C25H40O4/c1-4-7-10-12-20-27-23-15-14-16-24(28-21-13-11-8-5-2)22(23)17-18-25(26)29-19-9-6-3/h14-18H,4-13,19-21H2,1-3H3. The largest absolute Gasteiger partial charge is 0.493 e. The van der Waals surface area contributed by atoms with E-state index in [-0.39, 0.29) is 5.97 Å². The number of unbranched alkanes of at least 4 members (excludes halogenated alkanes) is 7. The minimum absolute atomic E-state index is 0.329. The van der Waals surface area contributed by atoms with Gasteiger partial charge in [0.25, 0.3) is 0 Å². The molecule has 0 aliphatic rings. The van der Waals surface area contributed by atoms with E-state index in [9.17, 15) is 4.79 Å². The minimum atomic E-state index is -0.329. The Hall–Kier alpha value is -1.97. The van der Waals surface area contributed by atoms with Gasteiger partial charge in [-0.05, 0) is 37.5 Å². The number of rotatable bonds is 17. The molecule has 4 nitrogen and oxygen atoms in total. The highest BCUT2D eigenvalue weighted by Crippen LogP contribution is 2.30. The average Bonchev–Trinajstić information content (AvgIpc) is 2.73. The van der Waals surface area contributed by atoms with Gasteiger partial charge in [0.05, 0.1) is 25.4 Å². The summed E-state index contributed by atoms with van der Waals surface area (Å²) in [6.07, 6.45) is 14.3. The third-order valence-electron chi connectivity index (χ3n) is 4.67. The van der Waals surface area contributed by atoms with Gasteiger partial charge in [-0.25, -0.2) is 4.79 Å². The molecule has 0 bridgehead atoms. The van der Waals surface area contributed by atoms with Crippen molar-refractivity contribution in [2.24, 2.45) is 0 Å². The van der Waals surface area contributed by atoms with E-state index in [1.807, 2.05) is 18.2 Å². The maximum Gasteiger partial charge on any atom is 0.330 e. The lowest BCUT2D eigenvalue weighted by molar-refractivity contribution is -0.137. The maximum atomic E-state index is 12.0. The van der Waals surface area contributed by atoms with Crippen LogP contribution in [0, 0.1) is 0 Å². The van der Waals surface area contributed by atoms with Gasteiger partial charge in [0.15, 0.2) is 0 Å². The zero-order valence-corrected chi connectivity index (χ0v) is 18.7.